The number of pyridine rings is 1. The Balaban J connectivity index is 1.58. The molecule has 0 atom stereocenters. The molecule has 0 aliphatic carbocycles. The van der Waals surface area contributed by atoms with Gasteiger partial charge in [0, 0.05) is 49.7 Å². The van der Waals surface area contributed by atoms with Crippen LogP contribution in [0.4, 0.5) is 11.8 Å². The largest absolute Gasteiger partial charge is 0.378 e. The summed E-state index contributed by atoms with van der Waals surface area (Å²) in [6.45, 7) is 7.06. The van der Waals surface area contributed by atoms with Gasteiger partial charge in [-0.1, -0.05) is 31.2 Å². The van der Waals surface area contributed by atoms with Crippen LogP contribution >= 0.6 is 0 Å². The molecule has 6 nitrogen and oxygen atoms in total. The molecule has 0 radical (unpaired) electrons. The van der Waals surface area contributed by atoms with Crippen LogP contribution in [0.1, 0.15) is 23.6 Å². The van der Waals surface area contributed by atoms with E-state index >= 15 is 0 Å². The summed E-state index contributed by atoms with van der Waals surface area (Å²) in [6.07, 6.45) is 5.74. The number of morpholine rings is 1. The van der Waals surface area contributed by atoms with Gasteiger partial charge in [-0.15, -0.1) is 0 Å². The Bertz CT molecular complexity index is 1020. The number of fused-ring (bicyclic) bond motifs is 1. The van der Waals surface area contributed by atoms with E-state index in [0.29, 0.717) is 0 Å². The van der Waals surface area contributed by atoms with E-state index in [1.165, 1.54) is 22.3 Å². The Labute approximate surface area is 177 Å². The summed E-state index contributed by atoms with van der Waals surface area (Å²) in [6, 6.07) is 12.9. The fraction of sp³-hybridized carbons (Fsp3) is 0.375. The van der Waals surface area contributed by atoms with Crippen molar-refractivity contribution in [2.75, 3.05) is 42.6 Å². The van der Waals surface area contributed by atoms with Crippen LogP contribution in [0.25, 0.3) is 11.3 Å². The van der Waals surface area contributed by atoms with Crippen LogP contribution in [-0.2, 0) is 24.1 Å². The molecule has 30 heavy (non-hydrogen) atoms. The highest BCUT2D eigenvalue weighted by Crippen LogP contribution is 2.36. The lowest BCUT2D eigenvalue weighted by Gasteiger charge is -2.28. The standard InChI is InChI=1S/C24H27N5O/c1-2-18-5-3-7-20(15-18)22-21-8-10-29(17-19-6-4-9-25-16-19)23(21)27-24(26-22)28-11-13-30-14-12-28/h3-7,9,15-16H,2,8,10-14,17H2,1H3. The Hall–Kier alpha value is -2.99. The number of nitrogens with zero attached hydrogens (tertiary/aromatic N) is 5. The van der Waals surface area contributed by atoms with Gasteiger partial charge in [-0.3, -0.25) is 4.98 Å². The summed E-state index contributed by atoms with van der Waals surface area (Å²) in [5.41, 5.74) is 6.05. The Morgan fingerprint density at radius 1 is 1.00 bits per heavy atom. The van der Waals surface area contributed by atoms with E-state index in [0.717, 1.165) is 69.7 Å². The van der Waals surface area contributed by atoms with E-state index in [4.69, 9.17) is 14.7 Å². The first kappa shape index (κ1) is 19.0. The van der Waals surface area contributed by atoms with Gasteiger partial charge in [-0.05, 0) is 36.1 Å². The quantitative estimate of drug-likeness (QED) is 0.652. The predicted molar refractivity (Wildman–Crippen MR) is 119 cm³/mol. The fourth-order valence-electron chi connectivity index (χ4n) is 4.25. The van der Waals surface area contributed by atoms with Crippen molar-refractivity contribution in [1.82, 2.24) is 15.0 Å². The zero-order valence-corrected chi connectivity index (χ0v) is 17.4. The normalized spacial score (nSPS) is 16.0. The first-order chi connectivity index (χ1) is 14.8. The minimum atomic E-state index is 0.723. The van der Waals surface area contributed by atoms with Crippen LogP contribution in [0.5, 0.6) is 0 Å². The van der Waals surface area contributed by atoms with Crippen molar-refractivity contribution in [2.45, 2.75) is 26.3 Å². The number of aromatic nitrogens is 3. The SMILES string of the molecule is CCc1cccc(-c2nc(N3CCOCC3)nc3c2CCN3Cc2cccnc2)c1. The molecular formula is C24H27N5O. The molecule has 0 spiro atoms. The van der Waals surface area contributed by atoms with Crippen molar-refractivity contribution in [1.29, 1.82) is 0 Å². The monoisotopic (exact) mass is 401 g/mol. The third-order valence-electron chi connectivity index (χ3n) is 5.90. The zero-order valence-electron chi connectivity index (χ0n) is 17.4. The van der Waals surface area contributed by atoms with Crippen molar-refractivity contribution in [3.8, 4) is 11.3 Å². The van der Waals surface area contributed by atoms with Crippen LogP contribution in [0.15, 0.2) is 48.8 Å². The molecule has 0 bridgehead atoms. The molecule has 1 fully saturated rings. The summed E-state index contributed by atoms with van der Waals surface area (Å²) in [7, 11) is 0. The van der Waals surface area contributed by atoms with E-state index in [1.54, 1.807) is 0 Å². The predicted octanol–water partition coefficient (Wildman–Crippen LogP) is 3.50. The van der Waals surface area contributed by atoms with Crippen LogP contribution < -0.4 is 9.80 Å². The van der Waals surface area contributed by atoms with Crippen molar-refractivity contribution in [3.63, 3.8) is 0 Å². The van der Waals surface area contributed by atoms with Crippen molar-refractivity contribution < 1.29 is 4.74 Å². The van der Waals surface area contributed by atoms with E-state index in [-0.39, 0.29) is 0 Å². The average Bonchev–Trinajstić information content (AvgIpc) is 3.22. The molecule has 4 heterocycles. The van der Waals surface area contributed by atoms with Gasteiger partial charge in [0.05, 0.1) is 18.9 Å². The molecule has 3 aromatic rings. The molecule has 1 saturated heterocycles. The van der Waals surface area contributed by atoms with Gasteiger partial charge in [0.15, 0.2) is 0 Å². The molecule has 0 saturated carbocycles. The fourth-order valence-corrected chi connectivity index (χ4v) is 4.25. The summed E-state index contributed by atoms with van der Waals surface area (Å²) in [4.78, 5) is 19.0. The molecule has 2 aromatic heterocycles. The lowest BCUT2D eigenvalue weighted by Crippen LogP contribution is -2.37. The number of benzene rings is 1. The molecule has 2 aliphatic heterocycles. The molecule has 6 heteroatoms. The summed E-state index contributed by atoms with van der Waals surface area (Å²) in [5.74, 6) is 1.87. The maximum atomic E-state index is 5.54. The Morgan fingerprint density at radius 2 is 1.87 bits per heavy atom. The van der Waals surface area contributed by atoms with Crippen LogP contribution in [0, 0.1) is 0 Å². The van der Waals surface area contributed by atoms with Gasteiger partial charge >= 0.3 is 0 Å². The topological polar surface area (TPSA) is 54.4 Å². The molecule has 1 aromatic carbocycles. The number of hydrogen-bond acceptors (Lipinski definition) is 6. The zero-order chi connectivity index (χ0) is 20.3. The average molecular weight is 402 g/mol. The molecule has 5 rings (SSSR count). The minimum absolute atomic E-state index is 0.723. The van der Waals surface area contributed by atoms with Gasteiger partial charge < -0.3 is 14.5 Å². The number of anilines is 2. The van der Waals surface area contributed by atoms with Crippen LogP contribution in [-0.4, -0.2) is 47.8 Å². The van der Waals surface area contributed by atoms with Crippen molar-refractivity contribution in [3.05, 3.63) is 65.5 Å². The molecular weight excluding hydrogens is 374 g/mol. The highest BCUT2D eigenvalue weighted by molar-refractivity contribution is 5.73. The summed E-state index contributed by atoms with van der Waals surface area (Å²) < 4.78 is 5.54. The van der Waals surface area contributed by atoms with Gasteiger partial charge in [-0.2, -0.15) is 4.98 Å². The highest BCUT2D eigenvalue weighted by Gasteiger charge is 2.28. The summed E-state index contributed by atoms with van der Waals surface area (Å²) >= 11 is 0. The summed E-state index contributed by atoms with van der Waals surface area (Å²) in [5, 5.41) is 0. The first-order valence-corrected chi connectivity index (χ1v) is 10.8. The number of ether oxygens (including phenoxy) is 1. The third kappa shape index (κ3) is 3.75. The number of aryl methyl sites for hydroxylation is 1. The molecule has 0 amide bonds. The first-order valence-electron chi connectivity index (χ1n) is 10.8. The van der Waals surface area contributed by atoms with Crippen LogP contribution in [0.2, 0.25) is 0 Å². The maximum absolute atomic E-state index is 5.54. The number of hydrogen-bond donors (Lipinski definition) is 0. The smallest absolute Gasteiger partial charge is 0.228 e. The van der Waals surface area contributed by atoms with Crippen molar-refractivity contribution in [2.24, 2.45) is 0 Å². The minimum Gasteiger partial charge on any atom is -0.378 e. The second-order valence-electron chi connectivity index (χ2n) is 7.86. The molecule has 2 aliphatic rings. The lowest BCUT2D eigenvalue weighted by molar-refractivity contribution is 0.122. The van der Waals surface area contributed by atoms with Gasteiger partial charge in [0.1, 0.15) is 5.82 Å². The third-order valence-corrected chi connectivity index (χ3v) is 5.90. The van der Waals surface area contributed by atoms with Crippen LogP contribution in [0.3, 0.4) is 0 Å². The van der Waals surface area contributed by atoms with E-state index in [9.17, 15) is 0 Å². The highest BCUT2D eigenvalue weighted by atomic mass is 16.5. The van der Waals surface area contributed by atoms with Gasteiger partial charge in [0.25, 0.3) is 0 Å². The van der Waals surface area contributed by atoms with E-state index in [1.807, 2.05) is 18.5 Å². The lowest BCUT2D eigenvalue weighted by atomic mass is 10.0. The van der Waals surface area contributed by atoms with Gasteiger partial charge in [0.2, 0.25) is 5.95 Å². The molecule has 154 valence electrons. The maximum Gasteiger partial charge on any atom is 0.228 e. The second-order valence-corrected chi connectivity index (χ2v) is 7.86. The van der Waals surface area contributed by atoms with Gasteiger partial charge in [-0.25, -0.2) is 4.98 Å². The molecule has 0 unspecified atom stereocenters. The Morgan fingerprint density at radius 3 is 2.67 bits per heavy atom. The van der Waals surface area contributed by atoms with Crippen molar-refractivity contribution >= 4 is 11.8 Å². The van der Waals surface area contributed by atoms with E-state index in [2.05, 4.69) is 52.0 Å². The van der Waals surface area contributed by atoms with E-state index < -0.39 is 0 Å². The number of rotatable bonds is 5. The second kappa shape index (κ2) is 8.40. The molecule has 0 N–H and O–H groups in total. The Kier molecular flexibility index (Phi) is 5.32.